The first-order chi connectivity index (χ1) is 7.54. The summed E-state index contributed by atoms with van der Waals surface area (Å²) in [6.45, 7) is 2.73. The van der Waals surface area contributed by atoms with E-state index in [1.165, 1.54) is 6.07 Å². The van der Waals surface area contributed by atoms with E-state index >= 15 is 0 Å². The van der Waals surface area contributed by atoms with Gasteiger partial charge in [-0.25, -0.2) is 8.78 Å². The summed E-state index contributed by atoms with van der Waals surface area (Å²) in [5.41, 5.74) is 6.09. The molecule has 0 bridgehead atoms. The predicted molar refractivity (Wildman–Crippen MR) is 62.5 cm³/mol. The summed E-state index contributed by atoms with van der Waals surface area (Å²) >= 11 is 5.83. The molecule has 1 nitrogen and oxygen atoms in total. The van der Waals surface area contributed by atoms with Crippen molar-refractivity contribution in [2.75, 3.05) is 6.54 Å². The summed E-state index contributed by atoms with van der Waals surface area (Å²) in [7, 11) is 0. The first-order valence-electron chi connectivity index (χ1n) is 5.38. The van der Waals surface area contributed by atoms with E-state index in [0.29, 0.717) is 29.5 Å². The number of halogens is 3. The number of nitrogens with two attached hydrogens (primary N) is 1. The van der Waals surface area contributed by atoms with E-state index in [2.05, 4.69) is 6.92 Å². The number of rotatable bonds is 5. The highest BCUT2D eigenvalue weighted by atomic mass is 35.5. The van der Waals surface area contributed by atoms with Crippen LogP contribution in [-0.2, 0) is 6.42 Å². The van der Waals surface area contributed by atoms with Gasteiger partial charge in [0.15, 0.2) is 11.6 Å². The van der Waals surface area contributed by atoms with Crippen molar-refractivity contribution in [1.82, 2.24) is 0 Å². The normalized spacial score (nSPS) is 12.8. The lowest BCUT2D eigenvalue weighted by Gasteiger charge is -2.10. The molecule has 1 aromatic rings. The molecule has 0 heterocycles. The molecule has 1 aromatic carbocycles. The molecule has 90 valence electrons. The number of benzene rings is 1. The lowest BCUT2D eigenvalue weighted by atomic mass is 9.98. The zero-order valence-electron chi connectivity index (χ0n) is 9.27. The van der Waals surface area contributed by atoms with Gasteiger partial charge in [0.2, 0.25) is 0 Å². The Morgan fingerprint density at radius 1 is 1.25 bits per heavy atom. The summed E-state index contributed by atoms with van der Waals surface area (Å²) in [6, 6.07) is 2.20. The van der Waals surface area contributed by atoms with E-state index < -0.39 is 11.6 Å². The summed E-state index contributed by atoms with van der Waals surface area (Å²) in [4.78, 5) is 0. The van der Waals surface area contributed by atoms with Crippen molar-refractivity contribution in [1.29, 1.82) is 0 Å². The van der Waals surface area contributed by atoms with Crippen molar-refractivity contribution in [3.8, 4) is 0 Å². The molecule has 1 atom stereocenters. The molecule has 0 saturated heterocycles. The highest BCUT2D eigenvalue weighted by Crippen LogP contribution is 2.23. The SMILES string of the molecule is CC(CCN)CCc1cc(F)c(F)cc1Cl. The Kier molecular flexibility index (Phi) is 5.16. The highest BCUT2D eigenvalue weighted by molar-refractivity contribution is 6.31. The zero-order chi connectivity index (χ0) is 12.1. The number of hydrogen-bond acceptors (Lipinski definition) is 1. The maximum Gasteiger partial charge on any atom is 0.160 e. The third kappa shape index (κ3) is 3.72. The summed E-state index contributed by atoms with van der Waals surface area (Å²) in [5, 5.41) is 0.291. The first kappa shape index (κ1) is 13.4. The third-order valence-electron chi connectivity index (χ3n) is 2.66. The van der Waals surface area contributed by atoms with Gasteiger partial charge in [0.1, 0.15) is 0 Å². The molecule has 0 amide bonds. The molecule has 0 spiro atoms. The van der Waals surface area contributed by atoms with Crippen LogP contribution >= 0.6 is 11.6 Å². The van der Waals surface area contributed by atoms with Crippen molar-refractivity contribution in [3.05, 3.63) is 34.4 Å². The highest BCUT2D eigenvalue weighted by Gasteiger charge is 2.09. The van der Waals surface area contributed by atoms with Crippen LogP contribution in [0, 0.1) is 17.6 Å². The van der Waals surface area contributed by atoms with Crippen LogP contribution < -0.4 is 5.73 Å². The summed E-state index contributed by atoms with van der Waals surface area (Å²) in [5.74, 6) is -1.27. The van der Waals surface area contributed by atoms with E-state index in [4.69, 9.17) is 17.3 Å². The minimum absolute atomic E-state index is 0.291. The second-order valence-electron chi connectivity index (χ2n) is 4.08. The van der Waals surface area contributed by atoms with Crippen molar-refractivity contribution < 1.29 is 8.78 Å². The van der Waals surface area contributed by atoms with E-state index in [0.717, 1.165) is 18.9 Å². The van der Waals surface area contributed by atoms with Crippen molar-refractivity contribution >= 4 is 11.6 Å². The van der Waals surface area contributed by atoms with E-state index in [9.17, 15) is 8.78 Å². The van der Waals surface area contributed by atoms with Crippen LogP contribution in [0.2, 0.25) is 5.02 Å². The van der Waals surface area contributed by atoms with Gasteiger partial charge < -0.3 is 5.73 Å². The molecule has 16 heavy (non-hydrogen) atoms. The fourth-order valence-corrected chi connectivity index (χ4v) is 1.83. The van der Waals surface area contributed by atoms with Gasteiger partial charge in [0.05, 0.1) is 0 Å². The molecular formula is C12H16ClF2N. The average Bonchev–Trinajstić information content (AvgIpc) is 2.22. The maximum absolute atomic E-state index is 13.0. The van der Waals surface area contributed by atoms with Crippen LogP contribution in [0.4, 0.5) is 8.78 Å². The second kappa shape index (κ2) is 6.16. The van der Waals surface area contributed by atoms with Gasteiger partial charge in [-0.1, -0.05) is 18.5 Å². The fourth-order valence-electron chi connectivity index (χ4n) is 1.59. The van der Waals surface area contributed by atoms with Gasteiger partial charge in [-0.05, 0) is 49.4 Å². The number of hydrogen-bond donors (Lipinski definition) is 1. The van der Waals surface area contributed by atoms with Gasteiger partial charge in [-0.2, -0.15) is 0 Å². The maximum atomic E-state index is 13.0. The van der Waals surface area contributed by atoms with Gasteiger partial charge >= 0.3 is 0 Å². The standard InChI is InChI=1S/C12H16ClF2N/c1-8(4-5-16)2-3-9-6-11(14)12(15)7-10(9)13/h6-8H,2-5,16H2,1H3. The molecule has 0 aliphatic rings. The molecule has 0 radical (unpaired) electrons. The minimum Gasteiger partial charge on any atom is -0.330 e. The monoisotopic (exact) mass is 247 g/mol. The third-order valence-corrected chi connectivity index (χ3v) is 3.01. The Bertz CT molecular complexity index is 355. The molecule has 0 aliphatic heterocycles. The molecule has 1 unspecified atom stereocenters. The first-order valence-corrected chi connectivity index (χ1v) is 5.76. The van der Waals surface area contributed by atoms with E-state index in [-0.39, 0.29) is 0 Å². The summed E-state index contributed by atoms with van der Waals surface area (Å²) < 4.78 is 25.8. The molecule has 2 N–H and O–H groups in total. The van der Waals surface area contributed by atoms with Crippen LogP contribution in [0.1, 0.15) is 25.3 Å². The van der Waals surface area contributed by atoms with Gasteiger partial charge in [-0.3, -0.25) is 0 Å². The van der Waals surface area contributed by atoms with Crippen LogP contribution in [0.3, 0.4) is 0 Å². The van der Waals surface area contributed by atoms with Crippen molar-refractivity contribution in [3.63, 3.8) is 0 Å². The predicted octanol–water partition coefficient (Wildman–Crippen LogP) is 3.54. The topological polar surface area (TPSA) is 26.0 Å². The molecule has 0 saturated carbocycles. The molecule has 0 fully saturated rings. The molecule has 0 aliphatic carbocycles. The average molecular weight is 248 g/mol. The Hall–Kier alpha value is -0.670. The Balaban J connectivity index is 2.63. The lowest BCUT2D eigenvalue weighted by molar-refractivity contribution is 0.491. The molecule has 0 aromatic heterocycles. The van der Waals surface area contributed by atoms with Crippen LogP contribution in [-0.4, -0.2) is 6.54 Å². The quantitative estimate of drug-likeness (QED) is 0.792. The van der Waals surface area contributed by atoms with Crippen molar-refractivity contribution in [2.45, 2.75) is 26.2 Å². The molecule has 4 heteroatoms. The number of aryl methyl sites for hydroxylation is 1. The van der Waals surface area contributed by atoms with Gasteiger partial charge in [0.25, 0.3) is 0 Å². The lowest BCUT2D eigenvalue weighted by Crippen LogP contribution is -2.06. The van der Waals surface area contributed by atoms with Crippen molar-refractivity contribution in [2.24, 2.45) is 11.7 Å². The molecule has 1 rings (SSSR count). The summed E-state index contributed by atoms with van der Waals surface area (Å²) in [6.07, 6.45) is 2.46. The minimum atomic E-state index is -0.899. The van der Waals surface area contributed by atoms with E-state index in [1.807, 2.05) is 0 Å². The van der Waals surface area contributed by atoms with Gasteiger partial charge in [0, 0.05) is 5.02 Å². The largest absolute Gasteiger partial charge is 0.330 e. The Morgan fingerprint density at radius 3 is 2.50 bits per heavy atom. The molecular weight excluding hydrogens is 232 g/mol. The van der Waals surface area contributed by atoms with Gasteiger partial charge in [-0.15, -0.1) is 0 Å². The van der Waals surface area contributed by atoms with Crippen LogP contribution in [0.25, 0.3) is 0 Å². The fraction of sp³-hybridized carbons (Fsp3) is 0.500. The Morgan fingerprint density at radius 2 is 1.88 bits per heavy atom. The second-order valence-corrected chi connectivity index (χ2v) is 4.49. The van der Waals surface area contributed by atoms with Crippen LogP contribution in [0.5, 0.6) is 0 Å². The van der Waals surface area contributed by atoms with Crippen LogP contribution in [0.15, 0.2) is 12.1 Å². The smallest absolute Gasteiger partial charge is 0.160 e. The Labute approximate surface area is 99.6 Å². The van der Waals surface area contributed by atoms with E-state index in [1.54, 1.807) is 0 Å². The zero-order valence-corrected chi connectivity index (χ0v) is 10.0.